The van der Waals surface area contributed by atoms with Crippen LogP contribution in [0.25, 0.3) is 0 Å². The van der Waals surface area contributed by atoms with Crippen molar-refractivity contribution >= 4 is 17.4 Å². The molecule has 0 fully saturated rings. The molecule has 1 aromatic heterocycles. The number of nitrogens with one attached hydrogen (secondary N) is 1. The number of quaternary nitrogens is 1. The highest BCUT2D eigenvalue weighted by Crippen LogP contribution is 2.30. The van der Waals surface area contributed by atoms with Crippen molar-refractivity contribution in [3.05, 3.63) is 47.3 Å². The molecule has 21 heavy (non-hydrogen) atoms. The molecule has 1 heterocycles. The maximum atomic E-state index is 14.2. The first-order chi connectivity index (χ1) is 10.0. The van der Waals surface area contributed by atoms with E-state index in [1.165, 1.54) is 12.1 Å². The van der Waals surface area contributed by atoms with Crippen LogP contribution in [-0.4, -0.2) is 21.9 Å². The normalized spacial score (nSPS) is 14.9. The van der Waals surface area contributed by atoms with Crippen LogP contribution in [0.15, 0.2) is 30.3 Å². The zero-order valence-corrected chi connectivity index (χ0v) is 11.0. The molecule has 3 rings (SSSR count). The number of carbonyl (C=O) groups is 2. The number of rotatable bonds is 2. The van der Waals surface area contributed by atoms with Crippen molar-refractivity contribution in [2.75, 3.05) is 0 Å². The Morgan fingerprint density at radius 2 is 1.90 bits per heavy atom. The summed E-state index contributed by atoms with van der Waals surface area (Å²) in [5.41, 5.74) is -0.478. The van der Waals surface area contributed by atoms with E-state index in [2.05, 4.69) is 10.2 Å². The predicted octanol–water partition coefficient (Wildman–Crippen LogP) is 2.85. The molecule has 0 atom stereocenters. The lowest BCUT2D eigenvalue weighted by Crippen LogP contribution is -2.39. The van der Waals surface area contributed by atoms with Gasteiger partial charge >= 0.3 is 5.91 Å². The molecule has 1 amide bonds. The van der Waals surface area contributed by atoms with E-state index in [9.17, 15) is 18.6 Å². The summed E-state index contributed by atoms with van der Waals surface area (Å²) in [6, 6.07) is 6.71. The molecular formula is C14H12F2N3O2+. The Morgan fingerprint density at radius 3 is 2.62 bits per heavy atom. The van der Waals surface area contributed by atoms with E-state index in [4.69, 9.17) is 0 Å². The minimum absolute atomic E-state index is 0.0139. The average molecular weight is 292 g/mol. The zero-order valence-electron chi connectivity index (χ0n) is 11.0. The number of hydrogen-bond acceptors (Lipinski definition) is 3. The number of nitrogens with zero attached hydrogens (tertiary/aromatic N) is 2. The average Bonchev–Trinajstić information content (AvgIpc) is 2.92. The molecule has 0 unspecified atom stereocenters. The lowest BCUT2D eigenvalue weighted by atomic mass is 9.94. The first kappa shape index (κ1) is 13.6. The molecule has 0 radical (unpaired) electrons. The molecule has 1 aliphatic rings. The van der Waals surface area contributed by atoms with E-state index in [1.54, 1.807) is 6.07 Å². The standard InChI is InChI=1S/C14H11F2N3O2/c15-19(16,9-5-2-1-3-6-9)14(21)13-12-10(17-18-13)7-4-8-11(12)20/h1-3,5-6H,4,7-8H2/p+1. The van der Waals surface area contributed by atoms with Crippen molar-refractivity contribution < 1.29 is 18.6 Å². The highest BCUT2D eigenvalue weighted by atomic mass is 19.4. The Balaban J connectivity index is 2.04. The van der Waals surface area contributed by atoms with Gasteiger partial charge in [-0.2, -0.15) is 5.10 Å². The van der Waals surface area contributed by atoms with Crippen molar-refractivity contribution in [2.45, 2.75) is 19.3 Å². The van der Waals surface area contributed by atoms with E-state index in [1.807, 2.05) is 0 Å². The number of benzene rings is 1. The third-order valence-corrected chi connectivity index (χ3v) is 3.49. The minimum Gasteiger partial charge on any atom is -0.294 e. The summed E-state index contributed by atoms with van der Waals surface area (Å²) >= 11 is 0. The second kappa shape index (κ2) is 4.85. The Kier molecular flexibility index (Phi) is 3.13. The Labute approximate surface area is 118 Å². The number of ketones is 1. The maximum Gasteiger partial charge on any atom is 0.449 e. The summed E-state index contributed by atoms with van der Waals surface area (Å²) in [4.78, 5) is 21.0. The quantitative estimate of drug-likeness (QED) is 0.866. The monoisotopic (exact) mass is 292 g/mol. The molecule has 108 valence electrons. The maximum absolute atomic E-state index is 14.2. The van der Waals surface area contributed by atoms with Crippen LogP contribution in [-0.2, 0) is 6.42 Å². The first-order valence-electron chi connectivity index (χ1n) is 6.51. The number of aromatic nitrogens is 2. The second-order valence-electron chi connectivity index (χ2n) is 4.86. The predicted molar refractivity (Wildman–Crippen MR) is 70.6 cm³/mol. The third-order valence-electron chi connectivity index (χ3n) is 3.49. The minimum atomic E-state index is -2.97. The summed E-state index contributed by atoms with van der Waals surface area (Å²) in [5.74, 6) is -1.82. The molecular weight excluding hydrogens is 280 g/mol. The number of hydrogen-bond donors (Lipinski definition) is 1. The molecule has 5 nitrogen and oxygen atoms in total. The van der Waals surface area contributed by atoms with Gasteiger partial charge in [-0.25, -0.2) is 4.79 Å². The molecule has 0 aliphatic heterocycles. The second-order valence-corrected chi connectivity index (χ2v) is 4.86. The van der Waals surface area contributed by atoms with Gasteiger partial charge in [-0.1, -0.05) is 18.2 Å². The van der Waals surface area contributed by atoms with Gasteiger partial charge in [0.05, 0.1) is 14.5 Å². The van der Waals surface area contributed by atoms with Crippen LogP contribution in [0.4, 0.5) is 14.6 Å². The molecule has 0 bridgehead atoms. The number of Topliss-reactive ketones (excluding diaryl/α,β-unsaturated/α-hetero) is 1. The van der Waals surface area contributed by atoms with Crippen LogP contribution in [0.1, 0.15) is 39.4 Å². The lowest BCUT2D eigenvalue weighted by molar-refractivity contribution is -0.0986. The molecule has 0 saturated carbocycles. The number of aryl methyl sites for hydroxylation is 1. The van der Waals surface area contributed by atoms with Crippen molar-refractivity contribution in [2.24, 2.45) is 0 Å². The van der Waals surface area contributed by atoms with Gasteiger partial charge in [0.2, 0.25) is 11.4 Å². The highest BCUT2D eigenvalue weighted by molar-refractivity contribution is 6.10. The number of aromatic amines is 1. The van der Waals surface area contributed by atoms with Gasteiger partial charge in [-0.05, 0) is 12.8 Å². The van der Waals surface area contributed by atoms with E-state index in [-0.39, 0.29) is 17.8 Å². The Hall–Kier alpha value is -2.41. The number of para-hydroxylation sites is 1. The van der Waals surface area contributed by atoms with Gasteiger partial charge in [-0.15, -0.1) is 0 Å². The van der Waals surface area contributed by atoms with Crippen LogP contribution in [0.5, 0.6) is 0 Å². The van der Waals surface area contributed by atoms with E-state index in [0.717, 1.165) is 12.1 Å². The first-order valence-corrected chi connectivity index (χ1v) is 6.51. The van der Waals surface area contributed by atoms with Gasteiger partial charge < -0.3 is 0 Å². The summed E-state index contributed by atoms with van der Waals surface area (Å²) < 4.78 is 28.5. The van der Waals surface area contributed by atoms with E-state index < -0.39 is 22.2 Å². The fourth-order valence-corrected chi connectivity index (χ4v) is 2.43. The van der Waals surface area contributed by atoms with Crippen LogP contribution < -0.4 is 4.93 Å². The fourth-order valence-electron chi connectivity index (χ4n) is 2.43. The van der Waals surface area contributed by atoms with Gasteiger partial charge in [0.25, 0.3) is 0 Å². The molecule has 0 spiro atoms. The number of fused-ring (bicyclic) bond motifs is 1. The van der Waals surface area contributed by atoms with Crippen molar-refractivity contribution in [1.29, 1.82) is 0 Å². The smallest absolute Gasteiger partial charge is 0.294 e. The summed E-state index contributed by atoms with van der Waals surface area (Å²) in [7, 11) is 0. The van der Waals surface area contributed by atoms with Crippen LogP contribution in [0, 0.1) is 0 Å². The van der Waals surface area contributed by atoms with Crippen LogP contribution in [0.2, 0.25) is 0 Å². The van der Waals surface area contributed by atoms with Gasteiger partial charge in [-0.3, -0.25) is 9.89 Å². The van der Waals surface area contributed by atoms with Gasteiger partial charge in [0.1, 0.15) is 0 Å². The molecule has 7 heteroatoms. The molecule has 0 saturated heterocycles. The summed E-state index contributed by atoms with van der Waals surface area (Å²) in [5, 5.41) is 6.18. The van der Waals surface area contributed by atoms with Crippen molar-refractivity contribution in [3.63, 3.8) is 0 Å². The molecule has 2 aromatic rings. The lowest BCUT2D eigenvalue weighted by Gasteiger charge is -2.12. The zero-order chi connectivity index (χ0) is 15.0. The van der Waals surface area contributed by atoms with Gasteiger partial charge in [0.15, 0.2) is 10.7 Å². The number of halogens is 2. The third kappa shape index (κ3) is 2.15. The summed E-state index contributed by atoms with van der Waals surface area (Å²) in [6.45, 7) is 0. The number of H-pyrrole nitrogens is 1. The van der Waals surface area contributed by atoms with E-state index >= 15 is 0 Å². The highest BCUT2D eigenvalue weighted by Gasteiger charge is 2.49. The topological polar surface area (TPSA) is 62.8 Å². The fraction of sp³-hybridized carbons (Fsp3) is 0.214. The van der Waals surface area contributed by atoms with E-state index in [0.29, 0.717) is 18.5 Å². The van der Waals surface area contributed by atoms with Crippen molar-refractivity contribution in [1.82, 2.24) is 15.1 Å². The number of amides is 1. The van der Waals surface area contributed by atoms with Crippen LogP contribution >= 0.6 is 0 Å². The molecule has 1 aromatic carbocycles. The molecule has 1 N–H and O–H groups in total. The molecule has 1 aliphatic carbocycles. The van der Waals surface area contributed by atoms with Crippen molar-refractivity contribution in [3.8, 4) is 0 Å². The number of carbonyl (C=O) groups excluding carboxylic acids is 2. The SMILES string of the molecule is O=C1CCCc2[nH]nc(C(=O)[N+](F)(F)c3ccccc3)c21. The Morgan fingerprint density at radius 1 is 1.19 bits per heavy atom. The summed E-state index contributed by atoms with van der Waals surface area (Å²) in [6.07, 6.45) is 1.41. The Bertz CT molecular complexity index is 710. The van der Waals surface area contributed by atoms with Crippen LogP contribution in [0.3, 0.4) is 0 Å². The van der Waals surface area contributed by atoms with Gasteiger partial charge in [0, 0.05) is 24.2 Å². The largest absolute Gasteiger partial charge is 0.449 e.